The summed E-state index contributed by atoms with van der Waals surface area (Å²) in [6.45, 7) is 3.88. The molecule has 0 saturated carbocycles. The highest BCUT2D eigenvalue weighted by Gasteiger charge is 2.27. The average Bonchev–Trinajstić information content (AvgIpc) is 3.10. The van der Waals surface area contributed by atoms with Gasteiger partial charge in [0.05, 0.1) is 19.3 Å². The molecule has 4 heterocycles. The predicted octanol–water partition coefficient (Wildman–Crippen LogP) is 0.193. The Kier molecular flexibility index (Phi) is 5.68. The summed E-state index contributed by atoms with van der Waals surface area (Å²) < 4.78 is 9.21. The topological polar surface area (TPSA) is 107 Å². The predicted molar refractivity (Wildman–Crippen MR) is 118 cm³/mol. The van der Waals surface area contributed by atoms with Crippen LogP contribution in [0.3, 0.4) is 0 Å². The highest BCUT2D eigenvalue weighted by Crippen LogP contribution is 2.25. The Hall–Kier alpha value is -4.07. The van der Waals surface area contributed by atoms with Crippen LogP contribution in [0.15, 0.2) is 34.2 Å². The van der Waals surface area contributed by atoms with Crippen LogP contribution in [0.1, 0.15) is 6.92 Å². The maximum absolute atomic E-state index is 13.4. The number of aromatic nitrogens is 5. The van der Waals surface area contributed by atoms with Gasteiger partial charge in [-0.1, -0.05) is 5.92 Å². The van der Waals surface area contributed by atoms with Crippen molar-refractivity contribution < 1.29 is 9.53 Å². The van der Waals surface area contributed by atoms with E-state index in [9.17, 15) is 14.4 Å². The van der Waals surface area contributed by atoms with Crippen molar-refractivity contribution in [1.29, 1.82) is 0 Å². The molecule has 0 N–H and O–H groups in total. The Morgan fingerprint density at radius 3 is 2.56 bits per heavy atom. The zero-order valence-electron chi connectivity index (χ0n) is 18.1. The van der Waals surface area contributed by atoms with Crippen LogP contribution in [-0.4, -0.2) is 68.0 Å². The van der Waals surface area contributed by atoms with Gasteiger partial charge in [0.15, 0.2) is 11.5 Å². The Balaban J connectivity index is 1.86. The number of nitrogens with zero attached hydrogens (tertiary/aromatic N) is 7. The van der Waals surface area contributed by atoms with Crippen LogP contribution in [0.25, 0.3) is 16.9 Å². The molecule has 1 aliphatic heterocycles. The Labute approximate surface area is 183 Å². The summed E-state index contributed by atoms with van der Waals surface area (Å²) in [7, 11) is 2.98. The van der Waals surface area contributed by atoms with E-state index in [1.54, 1.807) is 35.7 Å². The van der Waals surface area contributed by atoms with Crippen molar-refractivity contribution >= 4 is 23.1 Å². The van der Waals surface area contributed by atoms with Crippen molar-refractivity contribution in [1.82, 2.24) is 28.6 Å². The first-order valence-electron chi connectivity index (χ1n) is 10.1. The van der Waals surface area contributed by atoms with Gasteiger partial charge in [0, 0.05) is 45.5 Å². The molecule has 0 aromatic carbocycles. The minimum Gasteiger partial charge on any atom is -0.453 e. The van der Waals surface area contributed by atoms with Crippen molar-refractivity contribution in [3.05, 3.63) is 45.5 Å². The number of hydrogen-bond acceptors (Lipinski definition) is 7. The normalized spacial score (nSPS) is 13.7. The number of fused-ring (bicyclic) bond motifs is 1. The number of amides is 1. The smallest absolute Gasteiger partial charge is 0.409 e. The van der Waals surface area contributed by atoms with Gasteiger partial charge in [0.1, 0.15) is 11.8 Å². The molecule has 0 aliphatic carbocycles. The Morgan fingerprint density at radius 2 is 1.91 bits per heavy atom. The van der Waals surface area contributed by atoms with Crippen LogP contribution in [0.5, 0.6) is 0 Å². The lowest BCUT2D eigenvalue weighted by molar-refractivity contribution is 0.121. The number of anilines is 1. The highest BCUT2D eigenvalue weighted by molar-refractivity contribution is 5.85. The molecule has 1 fully saturated rings. The third-order valence-electron chi connectivity index (χ3n) is 5.44. The van der Waals surface area contributed by atoms with E-state index < -0.39 is 0 Å². The lowest BCUT2D eigenvalue weighted by Gasteiger charge is -2.34. The molecule has 11 nitrogen and oxygen atoms in total. The maximum atomic E-state index is 13.4. The molecule has 4 rings (SSSR count). The Bertz CT molecular complexity index is 1350. The van der Waals surface area contributed by atoms with Crippen LogP contribution >= 0.6 is 0 Å². The fourth-order valence-electron chi connectivity index (χ4n) is 3.78. The minimum absolute atomic E-state index is 0.174. The van der Waals surface area contributed by atoms with Crippen molar-refractivity contribution in [2.75, 3.05) is 38.2 Å². The largest absolute Gasteiger partial charge is 0.453 e. The molecular formula is C21H23N7O4. The number of pyridine rings is 1. The van der Waals surface area contributed by atoms with E-state index in [0.717, 1.165) is 0 Å². The van der Waals surface area contributed by atoms with Crippen LogP contribution in [-0.2, 0) is 18.3 Å². The van der Waals surface area contributed by atoms with Crippen LogP contribution in [0, 0.1) is 11.8 Å². The molecule has 3 aromatic heterocycles. The molecule has 32 heavy (non-hydrogen) atoms. The van der Waals surface area contributed by atoms with Gasteiger partial charge < -0.3 is 19.1 Å². The van der Waals surface area contributed by atoms with Crippen molar-refractivity contribution in [3.8, 4) is 17.5 Å². The van der Waals surface area contributed by atoms with Crippen molar-refractivity contribution in [2.24, 2.45) is 7.05 Å². The van der Waals surface area contributed by atoms with E-state index in [-0.39, 0.29) is 23.9 Å². The zero-order chi connectivity index (χ0) is 22.8. The molecular weight excluding hydrogens is 414 g/mol. The molecule has 3 aromatic rings. The number of aryl methyl sites for hydroxylation is 1. The molecule has 0 radical (unpaired) electrons. The fourth-order valence-corrected chi connectivity index (χ4v) is 3.78. The molecule has 166 valence electrons. The lowest BCUT2D eigenvalue weighted by Crippen LogP contribution is -2.49. The van der Waals surface area contributed by atoms with Gasteiger partial charge in [-0.25, -0.2) is 24.1 Å². The van der Waals surface area contributed by atoms with Crippen LogP contribution in [0.2, 0.25) is 0 Å². The summed E-state index contributed by atoms with van der Waals surface area (Å²) in [5.74, 6) is 6.36. The quantitative estimate of drug-likeness (QED) is 0.539. The molecule has 0 unspecified atom stereocenters. The van der Waals surface area contributed by atoms with Crippen molar-refractivity contribution in [3.63, 3.8) is 0 Å². The third-order valence-corrected chi connectivity index (χ3v) is 5.44. The summed E-state index contributed by atoms with van der Waals surface area (Å²) in [5, 5.41) is 0. The van der Waals surface area contributed by atoms with E-state index in [1.165, 1.54) is 28.6 Å². The molecule has 0 bridgehead atoms. The highest BCUT2D eigenvalue weighted by atomic mass is 16.5. The second-order valence-electron chi connectivity index (χ2n) is 7.28. The van der Waals surface area contributed by atoms with Gasteiger partial charge in [-0.05, 0) is 13.0 Å². The third kappa shape index (κ3) is 3.60. The van der Waals surface area contributed by atoms with Crippen molar-refractivity contribution in [2.45, 2.75) is 13.5 Å². The number of carbonyl (C=O) groups is 1. The van der Waals surface area contributed by atoms with E-state index >= 15 is 0 Å². The molecule has 1 saturated heterocycles. The van der Waals surface area contributed by atoms with Gasteiger partial charge >= 0.3 is 11.8 Å². The standard InChI is InChI=1S/C21H23N7O4/c1-4-5-8-27-17-18(25-9-11-26(12-10-25)21(31)32-3)22-14-23-19(17)28(20(27)30)15-6-7-16(29)24(2)13-15/h6-7,13-14H,8-12H2,1-3H3. The van der Waals surface area contributed by atoms with Crippen LogP contribution in [0.4, 0.5) is 10.6 Å². The average molecular weight is 437 g/mol. The molecule has 1 amide bonds. The van der Waals surface area contributed by atoms with Gasteiger partial charge in [0.2, 0.25) is 5.56 Å². The molecule has 0 spiro atoms. The first-order valence-corrected chi connectivity index (χ1v) is 10.1. The minimum atomic E-state index is -0.367. The Morgan fingerprint density at radius 1 is 1.16 bits per heavy atom. The van der Waals surface area contributed by atoms with Gasteiger partial charge in [-0.15, -0.1) is 5.92 Å². The van der Waals surface area contributed by atoms with E-state index in [0.29, 0.717) is 48.8 Å². The van der Waals surface area contributed by atoms with Crippen LogP contribution < -0.4 is 16.1 Å². The molecule has 0 atom stereocenters. The van der Waals surface area contributed by atoms with Gasteiger partial charge in [-0.3, -0.25) is 9.36 Å². The van der Waals surface area contributed by atoms with E-state index in [2.05, 4.69) is 21.8 Å². The number of hydrogen-bond donors (Lipinski definition) is 0. The number of ether oxygens (including phenoxy) is 1. The number of rotatable bonds is 3. The summed E-state index contributed by atoms with van der Waals surface area (Å²) in [6.07, 6.45) is 2.64. The molecule has 1 aliphatic rings. The summed E-state index contributed by atoms with van der Waals surface area (Å²) in [5.41, 5.74) is 0.996. The number of methoxy groups -OCH3 is 1. The van der Waals surface area contributed by atoms with Gasteiger partial charge in [-0.2, -0.15) is 0 Å². The lowest BCUT2D eigenvalue weighted by atomic mass is 10.3. The summed E-state index contributed by atoms with van der Waals surface area (Å²) >= 11 is 0. The SMILES string of the molecule is CC#CCn1c(=O)n(-c2ccc(=O)n(C)c2)c2ncnc(N3CCN(C(=O)OC)CC3)c21. The number of imidazole rings is 1. The fraction of sp³-hybridized carbons (Fsp3) is 0.381. The second-order valence-corrected chi connectivity index (χ2v) is 7.28. The number of piperazine rings is 1. The van der Waals surface area contributed by atoms with E-state index in [1.807, 2.05) is 4.90 Å². The number of carbonyl (C=O) groups excluding carboxylic acids is 1. The summed E-state index contributed by atoms with van der Waals surface area (Å²) in [4.78, 5) is 49.6. The first kappa shape index (κ1) is 21.2. The summed E-state index contributed by atoms with van der Waals surface area (Å²) in [6, 6.07) is 3.00. The van der Waals surface area contributed by atoms with E-state index in [4.69, 9.17) is 4.74 Å². The monoisotopic (exact) mass is 437 g/mol. The van der Waals surface area contributed by atoms with Gasteiger partial charge in [0.25, 0.3) is 0 Å². The zero-order valence-corrected chi connectivity index (χ0v) is 18.1. The molecule has 11 heteroatoms. The maximum Gasteiger partial charge on any atom is 0.409 e. The first-order chi connectivity index (χ1) is 15.5. The second kappa shape index (κ2) is 8.58.